The molecule has 0 aliphatic heterocycles. The van der Waals surface area contributed by atoms with E-state index in [4.69, 9.17) is 11.6 Å². The third-order valence-electron chi connectivity index (χ3n) is 4.71. The van der Waals surface area contributed by atoms with Crippen LogP contribution in [-0.2, 0) is 0 Å². The molecule has 1 aromatic heterocycles. The molecule has 0 aliphatic rings. The van der Waals surface area contributed by atoms with Gasteiger partial charge < -0.3 is 0 Å². The molecule has 0 atom stereocenters. The highest BCUT2D eigenvalue weighted by Gasteiger charge is 2.10. The summed E-state index contributed by atoms with van der Waals surface area (Å²) in [4.78, 5) is 4.42. The van der Waals surface area contributed by atoms with E-state index in [9.17, 15) is 0 Å². The van der Waals surface area contributed by atoms with Gasteiger partial charge in [-0.3, -0.25) is 0 Å². The van der Waals surface area contributed by atoms with E-state index in [-0.39, 0.29) is 0 Å². The summed E-state index contributed by atoms with van der Waals surface area (Å²) < 4.78 is 0. The van der Waals surface area contributed by atoms with Gasteiger partial charge in [-0.25, -0.2) is 4.98 Å². The van der Waals surface area contributed by atoms with Gasteiger partial charge in [-0.1, -0.05) is 66.2 Å². The van der Waals surface area contributed by atoms with Crippen molar-refractivity contribution >= 4 is 22.5 Å². The van der Waals surface area contributed by atoms with E-state index in [1.54, 1.807) is 0 Å². The molecule has 0 bridgehead atoms. The van der Waals surface area contributed by atoms with Crippen LogP contribution in [0.2, 0.25) is 5.15 Å². The number of benzene rings is 3. The second-order valence-electron chi connectivity index (χ2n) is 6.34. The minimum atomic E-state index is 0.542. The Balaban J connectivity index is 1.89. The van der Waals surface area contributed by atoms with Crippen molar-refractivity contribution in [2.24, 2.45) is 0 Å². The lowest BCUT2D eigenvalue weighted by Gasteiger charge is -2.13. The lowest BCUT2D eigenvalue weighted by Crippen LogP contribution is -1.90. The zero-order valence-corrected chi connectivity index (χ0v) is 15.0. The number of aromatic nitrogens is 1. The summed E-state index contributed by atoms with van der Waals surface area (Å²) in [6, 6.07) is 25.3. The van der Waals surface area contributed by atoms with Crippen LogP contribution >= 0.6 is 11.6 Å². The predicted molar refractivity (Wildman–Crippen MR) is 107 cm³/mol. The van der Waals surface area contributed by atoms with Gasteiger partial charge in [-0.15, -0.1) is 0 Å². The lowest BCUT2D eigenvalue weighted by atomic mass is 9.92. The highest BCUT2D eigenvalue weighted by Crippen LogP contribution is 2.33. The summed E-state index contributed by atoms with van der Waals surface area (Å²) in [7, 11) is 0. The first-order valence-corrected chi connectivity index (χ1v) is 8.73. The number of nitrogens with zero attached hydrogens (tertiary/aromatic N) is 1. The van der Waals surface area contributed by atoms with Crippen LogP contribution in [-0.4, -0.2) is 4.98 Å². The molecule has 1 heterocycles. The molecule has 0 saturated carbocycles. The highest BCUT2D eigenvalue weighted by atomic mass is 35.5. The molecule has 4 aromatic rings. The van der Waals surface area contributed by atoms with Gasteiger partial charge in [0.2, 0.25) is 0 Å². The van der Waals surface area contributed by atoms with Gasteiger partial charge in [-0.05, 0) is 65.4 Å². The molecule has 0 saturated heterocycles. The van der Waals surface area contributed by atoms with E-state index >= 15 is 0 Å². The van der Waals surface area contributed by atoms with Gasteiger partial charge in [0.15, 0.2) is 0 Å². The van der Waals surface area contributed by atoms with Gasteiger partial charge in [0.1, 0.15) is 5.15 Å². The van der Waals surface area contributed by atoms with Crippen molar-refractivity contribution in [3.05, 3.63) is 89.1 Å². The molecule has 0 N–H and O–H groups in total. The smallest absolute Gasteiger partial charge is 0.130 e. The van der Waals surface area contributed by atoms with Crippen LogP contribution in [0.15, 0.2) is 72.8 Å². The number of halogens is 1. The minimum Gasteiger partial charge on any atom is -0.236 e. The molecular formula is C23H18ClN. The highest BCUT2D eigenvalue weighted by molar-refractivity contribution is 6.29. The normalized spacial score (nSPS) is 11.0. The maximum Gasteiger partial charge on any atom is 0.130 e. The quantitative estimate of drug-likeness (QED) is 0.363. The molecule has 3 aromatic carbocycles. The van der Waals surface area contributed by atoms with Crippen molar-refractivity contribution < 1.29 is 0 Å². The van der Waals surface area contributed by atoms with Crippen LogP contribution in [0.3, 0.4) is 0 Å². The predicted octanol–water partition coefficient (Wildman–Crippen LogP) is 6.84. The van der Waals surface area contributed by atoms with Crippen LogP contribution < -0.4 is 0 Å². The number of pyridine rings is 1. The van der Waals surface area contributed by atoms with Crippen molar-refractivity contribution in [1.82, 2.24) is 4.98 Å². The van der Waals surface area contributed by atoms with E-state index in [0.717, 1.165) is 16.5 Å². The van der Waals surface area contributed by atoms with Crippen molar-refractivity contribution in [3.63, 3.8) is 0 Å². The van der Waals surface area contributed by atoms with Crippen LogP contribution in [0.4, 0.5) is 0 Å². The van der Waals surface area contributed by atoms with Crippen molar-refractivity contribution in [1.29, 1.82) is 0 Å². The molecule has 0 spiro atoms. The van der Waals surface area contributed by atoms with Gasteiger partial charge in [0.05, 0.1) is 5.52 Å². The summed E-state index contributed by atoms with van der Waals surface area (Å²) in [6.07, 6.45) is 0. The summed E-state index contributed by atoms with van der Waals surface area (Å²) in [5.41, 5.74) is 8.33. The monoisotopic (exact) mass is 343 g/mol. The Hall–Kier alpha value is -2.64. The summed E-state index contributed by atoms with van der Waals surface area (Å²) in [5, 5.41) is 1.69. The molecule has 1 nitrogen and oxygen atoms in total. The fraction of sp³-hybridized carbons (Fsp3) is 0.0870. The first-order valence-electron chi connectivity index (χ1n) is 8.36. The Morgan fingerprint density at radius 3 is 2.20 bits per heavy atom. The standard InChI is InChI=1S/C23H18ClN/c1-15-13-23(24)25-22-12-11-18(14-21(15)22)20-10-6-9-19(16(20)2)17-7-4-3-5-8-17/h3-14H,1-2H3. The molecule has 0 amide bonds. The Morgan fingerprint density at radius 1 is 0.720 bits per heavy atom. The summed E-state index contributed by atoms with van der Waals surface area (Å²) >= 11 is 6.08. The Morgan fingerprint density at radius 2 is 1.44 bits per heavy atom. The largest absolute Gasteiger partial charge is 0.236 e. The molecule has 0 fully saturated rings. The average molecular weight is 344 g/mol. The molecular weight excluding hydrogens is 326 g/mol. The van der Waals surface area contributed by atoms with E-state index in [1.165, 1.54) is 27.8 Å². The fourth-order valence-electron chi connectivity index (χ4n) is 3.40. The van der Waals surface area contributed by atoms with E-state index in [0.29, 0.717) is 5.15 Å². The second kappa shape index (κ2) is 6.34. The SMILES string of the molecule is Cc1c(-c2ccccc2)cccc1-c1ccc2nc(Cl)cc(C)c2c1. The number of hydrogen-bond donors (Lipinski definition) is 0. The lowest BCUT2D eigenvalue weighted by molar-refractivity contribution is 1.36. The number of aryl methyl sites for hydroxylation is 1. The topological polar surface area (TPSA) is 12.9 Å². The van der Waals surface area contributed by atoms with Crippen molar-refractivity contribution in [2.45, 2.75) is 13.8 Å². The molecule has 122 valence electrons. The third-order valence-corrected chi connectivity index (χ3v) is 4.91. The third kappa shape index (κ3) is 2.92. The van der Waals surface area contributed by atoms with E-state index in [2.05, 4.69) is 79.5 Å². The van der Waals surface area contributed by atoms with Gasteiger partial charge in [0.25, 0.3) is 0 Å². The zero-order chi connectivity index (χ0) is 17.4. The first-order chi connectivity index (χ1) is 12.1. The van der Waals surface area contributed by atoms with Gasteiger partial charge >= 0.3 is 0 Å². The van der Waals surface area contributed by atoms with Crippen LogP contribution in [0.25, 0.3) is 33.2 Å². The zero-order valence-electron chi connectivity index (χ0n) is 14.3. The minimum absolute atomic E-state index is 0.542. The van der Waals surface area contributed by atoms with Crippen LogP contribution in [0, 0.1) is 13.8 Å². The summed E-state index contributed by atoms with van der Waals surface area (Å²) in [6.45, 7) is 4.27. The molecule has 0 aliphatic carbocycles. The number of fused-ring (bicyclic) bond motifs is 1. The fourth-order valence-corrected chi connectivity index (χ4v) is 3.65. The van der Waals surface area contributed by atoms with Crippen LogP contribution in [0.5, 0.6) is 0 Å². The Labute approximate surface area is 152 Å². The van der Waals surface area contributed by atoms with Gasteiger partial charge in [-0.2, -0.15) is 0 Å². The molecule has 2 heteroatoms. The van der Waals surface area contributed by atoms with E-state index in [1.807, 2.05) is 12.1 Å². The number of hydrogen-bond acceptors (Lipinski definition) is 1. The Kier molecular flexibility index (Phi) is 4.03. The van der Waals surface area contributed by atoms with Crippen molar-refractivity contribution in [2.75, 3.05) is 0 Å². The molecule has 0 radical (unpaired) electrons. The first kappa shape index (κ1) is 15.9. The average Bonchev–Trinajstić information content (AvgIpc) is 2.62. The van der Waals surface area contributed by atoms with E-state index < -0.39 is 0 Å². The molecule has 4 rings (SSSR count). The van der Waals surface area contributed by atoms with Crippen molar-refractivity contribution in [3.8, 4) is 22.3 Å². The second-order valence-corrected chi connectivity index (χ2v) is 6.73. The molecule has 25 heavy (non-hydrogen) atoms. The maximum absolute atomic E-state index is 6.08. The van der Waals surface area contributed by atoms with Gasteiger partial charge in [0, 0.05) is 5.39 Å². The van der Waals surface area contributed by atoms with Crippen LogP contribution in [0.1, 0.15) is 11.1 Å². The maximum atomic E-state index is 6.08. The summed E-state index contributed by atoms with van der Waals surface area (Å²) in [5.74, 6) is 0. The number of rotatable bonds is 2. The Bertz CT molecular complexity index is 1070. The molecule has 0 unspecified atom stereocenters.